The van der Waals surface area contributed by atoms with Crippen molar-refractivity contribution in [2.75, 3.05) is 0 Å². The van der Waals surface area contributed by atoms with Gasteiger partial charge >= 0.3 is 11.8 Å². The van der Waals surface area contributed by atoms with Crippen LogP contribution in [0.5, 0.6) is 0 Å². The van der Waals surface area contributed by atoms with Gasteiger partial charge in [-0.1, -0.05) is 19.3 Å². The van der Waals surface area contributed by atoms with E-state index in [2.05, 4.69) is 10.6 Å². The normalized spacial score (nSPS) is 15.0. The van der Waals surface area contributed by atoms with Crippen LogP contribution in [0.3, 0.4) is 0 Å². The summed E-state index contributed by atoms with van der Waals surface area (Å²) in [6.45, 7) is 1.79. The second-order valence-electron chi connectivity index (χ2n) is 8.47. The van der Waals surface area contributed by atoms with Gasteiger partial charge in [-0.2, -0.15) is 0 Å². The zero-order chi connectivity index (χ0) is 23.9. The third kappa shape index (κ3) is 5.78. The summed E-state index contributed by atoms with van der Waals surface area (Å²) in [4.78, 5) is 41.0. The van der Waals surface area contributed by atoms with E-state index in [4.69, 9.17) is 13.3 Å². The Hall–Kier alpha value is -3.75. The molecule has 1 saturated carbocycles. The molecule has 0 spiro atoms. The van der Waals surface area contributed by atoms with E-state index in [9.17, 15) is 14.4 Å². The fourth-order valence-corrected chi connectivity index (χ4v) is 4.18. The maximum atomic E-state index is 13.4. The van der Waals surface area contributed by atoms with Gasteiger partial charge in [0.25, 0.3) is 5.91 Å². The number of carbonyl (C=O) groups is 3. The highest BCUT2D eigenvalue weighted by atomic mass is 16.3. The zero-order valence-electron chi connectivity index (χ0n) is 19.1. The number of hydrogen-bond acceptors (Lipinski definition) is 6. The Labute approximate surface area is 197 Å². The molecule has 3 heterocycles. The van der Waals surface area contributed by atoms with E-state index in [0.717, 1.165) is 32.1 Å². The first kappa shape index (κ1) is 23.4. The van der Waals surface area contributed by atoms with E-state index in [-0.39, 0.29) is 24.9 Å². The number of nitrogens with one attached hydrogen (secondary N) is 2. The van der Waals surface area contributed by atoms with Crippen LogP contribution >= 0.6 is 0 Å². The lowest BCUT2D eigenvalue weighted by molar-refractivity contribution is -0.151. The molecule has 0 aromatic carbocycles. The lowest BCUT2D eigenvalue weighted by atomic mass is 9.95. The zero-order valence-corrected chi connectivity index (χ0v) is 19.1. The number of carbonyl (C=O) groups excluding carboxylic acids is 3. The van der Waals surface area contributed by atoms with Crippen molar-refractivity contribution in [2.24, 2.45) is 0 Å². The van der Waals surface area contributed by atoms with Gasteiger partial charge < -0.3 is 28.8 Å². The molecule has 0 bridgehead atoms. The summed E-state index contributed by atoms with van der Waals surface area (Å²) in [5.41, 5.74) is 0. The van der Waals surface area contributed by atoms with Crippen molar-refractivity contribution < 1.29 is 27.6 Å². The van der Waals surface area contributed by atoms with E-state index in [1.807, 2.05) is 0 Å². The van der Waals surface area contributed by atoms with Crippen LogP contribution in [0.15, 0.2) is 62.2 Å². The molecule has 4 rings (SSSR count). The van der Waals surface area contributed by atoms with Crippen LogP contribution in [-0.4, -0.2) is 28.7 Å². The van der Waals surface area contributed by atoms with E-state index in [1.165, 1.54) is 17.4 Å². The van der Waals surface area contributed by atoms with Crippen molar-refractivity contribution in [3.8, 4) is 0 Å². The van der Waals surface area contributed by atoms with Crippen molar-refractivity contribution in [1.82, 2.24) is 15.5 Å². The number of hydrogen-bond donors (Lipinski definition) is 2. The lowest BCUT2D eigenvalue weighted by Crippen LogP contribution is -2.50. The van der Waals surface area contributed by atoms with Gasteiger partial charge in [-0.3, -0.25) is 14.4 Å². The fourth-order valence-electron chi connectivity index (χ4n) is 4.18. The molecule has 3 aromatic heterocycles. The molecule has 9 nitrogen and oxygen atoms in total. The van der Waals surface area contributed by atoms with E-state index >= 15 is 0 Å². The summed E-state index contributed by atoms with van der Waals surface area (Å²) in [5, 5.41) is 5.62. The lowest BCUT2D eigenvalue weighted by Gasteiger charge is -2.30. The molecule has 3 amide bonds. The first-order chi connectivity index (χ1) is 16.5. The molecular weight excluding hydrogens is 438 g/mol. The van der Waals surface area contributed by atoms with Gasteiger partial charge in [-0.25, -0.2) is 0 Å². The molecule has 0 radical (unpaired) electrons. The summed E-state index contributed by atoms with van der Waals surface area (Å²) in [6.07, 6.45) is 7.81. The molecule has 0 unspecified atom stereocenters. The topological polar surface area (TPSA) is 118 Å². The standard InChI is InChI=1S/C25H29N3O6/c1-17-11-12-21(34-17)22(23(29)26-15-19-9-5-13-32-19)28(16-20-10-6-14-33-20)25(31)24(30)27-18-7-3-2-4-8-18/h5-6,9-14,18,22H,2-4,7-8,15-16H2,1H3,(H,26,29)(H,27,30)/t22-/m0/s1. The Morgan fingerprint density at radius 3 is 2.32 bits per heavy atom. The molecule has 9 heteroatoms. The number of furan rings is 3. The van der Waals surface area contributed by atoms with Crippen LogP contribution in [0.2, 0.25) is 0 Å². The Bertz CT molecular complexity index is 1080. The highest BCUT2D eigenvalue weighted by Gasteiger charge is 2.37. The minimum absolute atomic E-state index is 0.0484. The van der Waals surface area contributed by atoms with Crippen LogP contribution in [0.4, 0.5) is 0 Å². The highest BCUT2D eigenvalue weighted by Crippen LogP contribution is 2.26. The molecule has 180 valence electrons. The Morgan fingerprint density at radius 1 is 1.00 bits per heavy atom. The quantitative estimate of drug-likeness (QED) is 0.489. The summed E-state index contributed by atoms with van der Waals surface area (Å²) in [6, 6.07) is 8.93. The first-order valence-corrected chi connectivity index (χ1v) is 11.5. The third-order valence-electron chi connectivity index (χ3n) is 5.91. The van der Waals surface area contributed by atoms with Gasteiger partial charge in [-0.05, 0) is 56.2 Å². The van der Waals surface area contributed by atoms with Crippen molar-refractivity contribution in [3.63, 3.8) is 0 Å². The van der Waals surface area contributed by atoms with Crippen LogP contribution in [-0.2, 0) is 27.5 Å². The second kappa shape index (κ2) is 10.9. The van der Waals surface area contributed by atoms with E-state index in [1.54, 1.807) is 43.3 Å². The molecule has 3 aromatic rings. The van der Waals surface area contributed by atoms with Crippen molar-refractivity contribution in [1.29, 1.82) is 0 Å². The SMILES string of the molecule is Cc1ccc([C@@H](C(=O)NCc2ccco2)N(Cc2ccco2)C(=O)C(=O)NC2CCCCC2)o1. The molecule has 1 aliphatic carbocycles. The van der Waals surface area contributed by atoms with Gasteiger partial charge in [0.15, 0.2) is 6.04 Å². The molecule has 1 aliphatic rings. The monoisotopic (exact) mass is 467 g/mol. The third-order valence-corrected chi connectivity index (χ3v) is 5.91. The highest BCUT2D eigenvalue weighted by molar-refractivity contribution is 6.35. The van der Waals surface area contributed by atoms with Crippen LogP contribution in [0.1, 0.15) is 61.2 Å². The molecule has 0 aliphatic heterocycles. The molecule has 1 atom stereocenters. The maximum absolute atomic E-state index is 13.4. The number of aryl methyl sites for hydroxylation is 1. The minimum Gasteiger partial charge on any atom is -0.467 e. The maximum Gasteiger partial charge on any atom is 0.313 e. The molecule has 2 N–H and O–H groups in total. The summed E-state index contributed by atoms with van der Waals surface area (Å²) in [5.74, 6) is -0.251. The molecule has 0 saturated heterocycles. The Balaban J connectivity index is 1.60. The van der Waals surface area contributed by atoms with Gasteiger partial charge in [-0.15, -0.1) is 0 Å². The van der Waals surface area contributed by atoms with Crippen molar-refractivity contribution in [3.05, 3.63) is 72.0 Å². The Kier molecular flexibility index (Phi) is 7.51. The average molecular weight is 468 g/mol. The fraction of sp³-hybridized carbons (Fsp3) is 0.400. The van der Waals surface area contributed by atoms with Crippen molar-refractivity contribution in [2.45, 2.75) is 64.2 Å². The largest absolute Gasteiger partial charge is 0.467 e. The Morgan fingerprint density at radius 2 is 1.71 bits per heavy atom. The minimum atomic E-state index is -1.18. The van der Waals surface area contributed by atoms with E-state index in [0.29, 0.717) is 17.3 Å². The van der Waals surface area contributed by atoms with Crippen LogP contribution in [0, 0.1) is 6.92 Å². The van der Waals surface area contributed by atoms with Crippen molar-refractivity contribution >= 4 is 17.7 Å². The summed E-state index contributed by atoms with van der Waals surface area (Å²) < 4.78 is 16.5. The predicted octanol–water partition coefficient (Wildman–Crippen LogP) is 3.61. The summed E-state index contributed by atoms with van der Waals surface area (Å²) in [7, 11) is 0. The van der Waals surface area contributed by atoms with Gasteiger partial charge in [0, 0.05) is 6.04 Å². The van der Waals surface area contributed by atoms with Crippen LogP contribution in [0.25, 0.3) is 0 Å². The van der Waals surface area contributed by atoms with Gasteiger partial charge in [0.1, 0.15) is 23.0 Å². The predicted molar refractivity (Wildman–Crippen MR) is 121 cm³/mol. The molecule has 1 fully saturated rings. The molecule has 34 heavy (non-hydrogen) atoms. The smallest absolute Gasteiger partial charge is 0.313 e. The molecular formula is C25H29N3O6. The van der Waals surface area contributed by atoms with Crippen LogP contribution < -0.4 is 10.6 Å². The number of rotatable bonds is 8. The average Bonchev–Trinajstić information content (AvgIpc) is 3.61. The van der Waals surface area contributed by atoms with E-state index < -0.39 is 23.8 Å². The van der Waals surface area contributed by atoms with Gasteiger partial charge in [0.05, 0.1) is 25.6 Å². The van der Waals surface area contributed by atoms with Gasteiger partial charge in [0.2, 0.25) is 0 Å². The number of amides is 3. The summed E-state index contributed by atoms with van der Waals surface area (Å²) >= 11 is 0. The number of nitrogens with zero attached hydrogens (tertiary/aromatic N) is 1. The first-order valence-electron chi connectivity index (χ1n) is 11.5. The second-order valence-corrected chi connectivity index (χ2v) is 8.47.